The highest BCUT2D eigenvalue weighted by Gasteiger charge is 2.21. The fourth-order valence-electron chi connectivity index (χ4n) is 2.62. The molecule has 6 nitrogen and oxygen atoms in total. The van der Waals surface area contributed by atoms with E-state index in [1.54, 1.807) is 27.8 Å². The number of hydrogen-bond acceptors (Lipinski definition) is 4. The van der Waals surface area contributed by atoms with Gasteiger partial charge in [-0.05, 0) is 38.1 Å². The molecule has 0 saturated carbocycles. The van der Waals surface area contributed by atoms with Crippen LogP contribution in [0.2, 0.25) is 0 Å². The average molecular weight is 337 g/mol. The van der Waals surface area contributed by atoms with Crippen molar-refractivity contribution in [3.05, 3.63) is 66.6 Å². The average Bonchev–Trinajstić information content (AvgIpc) is 3.04. The van der Waals surface area contributed by atoms with Crippen LogP contribution in [-0.2, 0) is 9.53 Å². The Balaban J connectivity index is 1.69. The lowest BCUT2D eigenvalue weighted by atomic mass is 10.2. The normalized spacial score (nSPS) is 10.8. The highest BCUT2D eigenvalue weighted by atomic mass is 16.5. The summed E-state index contributed by atoms with van der Waals surface area (Å²) in [4.78, 5) is 30.5. The lowest BCUT2D eigenvalue weighted by molar-refractivity contribution is -0.122. The maximum atomic E-state index is 12.5. The maximum absolute atomic E-state index is 12.5. The lowest BCUT2D eigenvalue weighted by Crippen LogP contribution is -2.39. The van der Waals surface area contributed by atoms with Gasteiger partial charge >= 0.3 is 5.97 Å². The third-order valence-corrected chi connectivity index (χ3v) is 3.72. The zero-order valence-corrected chi connectivity index (χ0v) is 14.1. The Morgan fingerprint density at radius 1 is 1.12 bits per heavy atom. The number of pyridine rings is 1. The molecule has 0 aliphatic heterocycles. The number of ether oxygens (including phenoxy) is 1. The number of benzene rings is 1. The van der Waals surface area contributed by atoms with Gasteiger partial charge in [0.1, 0.15) is 5.65 Å². The first-order valence-electron chi connectivity index (χ1n) is 8.04. The molecule has 2 heterocycles. The Labute approximate surface area is 145 Å². The Kier molecular flexibility index (Phi) is 4.79. The number of anilines is 1. The van der Waals surface area contributed by atoms with Gasteiger partial charge < -0.3 is 14.0 Å². The van der Waals surface area contributed by atoms with Crippen molar-refractivity contribution in [1.29, 1.82) is 0 Å². The Morgan fingerprint density at radius 2 is 1.84 bits per heavy atom. The van der Waals surface area contributed by atoms with Gasteiger partial charge in [-0.3, -0.25) is 4.79 Å². The van der Waals surface area contributed by atoms with E-state index in [-0.39, 0.29) is 24.2 Å². The van der Waals surface area contributed by atoms with E-state index in [2.05, 4.69) is 4.98 Å². The molecule has 0 fully saturated rings. The summed E-state index contributed by atoms with van der Waals surface area (Å²) in [5.74, 6) is -0.896. The van der Waals surface area contributed by atoms with Crippen LogP contribution in [0.25, 0.3) is 5.65 Å². The molecule has 3 rings (SSSR count). The summed E-state index contributed by atoms with van der Waals surface area (Å²) in [7, 11) is 0. The second-order valence-corrected chi connectivity index (χ2v) is 5.86. The first-order valence-corrected chi connectivity index (χ1v) is 8.04. The molecular formula is C19H19N3O3. The van der Waals surface area contributed by atoms with Gasteiger partial charge in [0.15, 0.2) is 12.3 Å². The van der Waals surface area contributed by atoms with Gasteiger partial charge in [-0.1, -0.05) is 24.3 Å². The monoisotopic (exact) mass is 337 g/mol. The summed E-state index contributed by atoms with van der Waals surface area (Å²) in [6, 6.07) is 14.7. The molecule has 0 unspecified atom stereocenters. The number of para-hydroxylation sites is 1. The van der Waals surface area contributed by atoms with E-state index in [9.17, 15) is 9.59 Å². The van der Waals surface area contributed by atoms with E-state index in [0.717, 1.165) is 5.69 Å². The summed E-state index contributed by atoms with van der Waals surface area (Å²) in [5.41, 5.74) is 1.59. The van der Waals surface area contributed by atoms with Crippen molar-refractivity contribution in [2.24, 2.45) is 0 Å². The van der Waals surface area contributed by atoms with E-state index in [4.69, 9.17) is 4.74 Å². The highest BCUT2D eigenvalue weighted by Crippen LogP contribution is 2.17. The number of carbonyl (C=O) groups excluding carboxylic acids is 2. The van der Waals surface area contributed by atoms with Crippen molar-refractivity contribution in [3.63, 3.8) is 0 Å². The zero-order chi connectivity index (χ0) is 17.8. The molecule has 0 aliphatic rings. The highest BCUT2D eigenvalue weighted by molar-refractivity contribution is 5.97. The summed E-state index contributed by atoms with van der Waals surface area (Å²) in [5, 5.41) is 0. The van der Waals surface area contributed by atoms with Gasteiger partial charge in [-0.2, -0.15) is 0 Å². The molecule has 6 heteroatoms. The maximum Gasteiger partial charge on any atom is 0.359 e. The second kappa shape index (κ2) is 7.17. The number of hydrogen-bond donors (Lipinski definition) is 0. The van der Waals surface area contributed by atoms with Crippen LogP contribution >= 0.6 is 0 Å². The predicted molar refractivity (Wildman–Crippen MR) is 94.5 cm³/mol. The number of amides is 1. The third-order valence-electron chi connectivity index (χ3n) is 3.72. The SMILES string of the molecule is CC(C)N(C(=O)COC(=O)c1cn2ccccc2n1)c1ccccc1. The smallest absolute Gasteiger partial charge is 0.359 e. The van der Waals surface area contributed by atoms with Crippen LogP contribution in [0.5, 0.6) is 0 Å². The Bertz CT molecular complexity index is 854. The molecule has 1 amide bonds. The van der Waals surface area contributed by atoms with E-state index < -0.39 is 5.97 Å². The number of fused-ring (bicyclic) bond motifs is 1. The lowest BCUT2D eigenvalue weighted by Gasteiger charge is -2.26. The summed E-state index contributed by atoms with van der Waals surface area (Å²) in [6.45, 7) is 3.49. The van der Waals surface area contributed by atoms with Gasteiger partial charge in [0.2, 0.25) is 0 Å². The molecule has 0 spiro atoms. The van der Waals surface area contributed by atoms with Crippen LogP contribution in [0.1, 0.15) is 24.3 Å². The zero-order valence-electron chi connectivity index (χ0n) is 14.1. The molecule has 1 aromatic carbocycles. The van der Waals surface area contributed by atoms with Gasteiger partial charge in [0.25, 0.3) is 5.91 Å². The van der Waals surface area contributed by atoms with Crippen LogP contribution in [0, 0.1) is 0 Å². The van der Waals surface area contributed by atoms with Crippen molar-refractivity contribution < 1.29 is 14.3 Å². The molecule has 3 aromatic rings. The molecule has 0 atom stereocenters. The van der Waals surface area contributed by atoms with Crippen molar-refractivity contribution in [2.75, 3.05) is 11.5 Å². The molecule has 0 saturated heterocycles. The second-order valence-electron chi connectivity index (χ2n) is 5.86. The quantitative estimate of drug-likeness (QED) is 0.672. The minimum Gasteiger partial charge on any atom is -0.451 e. The van der Waals surface area contributed by atoms with Crippen molar-refractivity contribution in [1.82, 2.24) is 9.38 Å². The summed E-state index contributed by atoms with van der Waals surface area (Å²) in [6.07, 6.45) is 3.37. The number of rotatable bonds is 5. The predicted octanol–water partition coefficient (Wildman–Crippen LogP) is 2.93. The van der Waals surface area contributed by atoms with Gasteiger partial charge in [-0.15, -0.1) is 0 Å². The number of nitrogens with zero attached hydrogens (tertiary/aromatic N) is 3. The summed E-state index contributed by atoms with van der Waals surface area (Å²) < 4.78 is 6.89. The van der Waals surface area contributed by atoms with Crippen LogP contribution < -0.4 is 4.90 Å². The molecule has 25 heavy (non-hydrogen) atoms. The molecule has 0 N–H and O–H groups in total. The topological polar surface area (TPSA) is 63.9 Å². The minimum atomic E-state index is -0.617. The Morgan fingerprint density at radius 3 is 2.52 bits per heavy atom. The fraction of sp³-hybridized carbons (Fsp3) is 0.211. The van der Waals surface area contributed by atoms with E-state index in [1.165, 1.54) is 0 Å². The molecule has 0 radical (unpaired) electrons. The van der Waals surface area contributed by atoms with Gasteiger partial charge in [0.05, 0.1) is 0 Å². The Hall–Kier alpha value is -3.15. The van der Waals surface area contributed by atoms with Gasteiger partial charge in [-0.25, -0.2) is 9.78 Å². The van der Waals surface area contributed by atoms with Crippen molar-refractivity contribution >= 4 is 23.2 Å². The number of imidazole rings is 1. The minimum absolute atomic E-state index is 0.0520. The first-order chi connectivity index (χ1) is 12.1. The van der Waals surface area contributed by atoms with Crippen molar-refractivity contribution in [3.8, 4) is 0 Å². The van der Waals surface area contributed by atoms with Gasteiger partial charge in [0, 0.05) is 24.1 Å². The van der Waals surface area contributed by atoms with Crippen molar-refractivity contribution in [2.45, 2.75) is 19.9 Å². The summed E-state index contributed by atoms with van der Waals surface area (Å²) >= 11 is 0. The van der Waals surface area contributed by atoms with E-state index in [0.29, 0.717) is 5.65 Å². The number of esters is 1. The molecule has 0 bridgehead atoms. The first kappa shape index (κ1) is 16.7. The van der Waals surface area contributed by atoms with E-state index >= 15 is 0 Å². The third kappa shape index (κ3) is 3.68. The standard InChI is InChI=1S/C19H19N3O3/c1-14(2)22(15-8-4-3-5-9-15)18(23)13-25-19(24)16-12-21-11-7-6-10-17(21)20-16/h3-12,14H,13H2,1-2H3. The van der Waals surface area contributed by atoms with E-state index in [1.807, 2.05) is 56.3 Å². The number of aromatic nitrogens is 2. The molecule has 128 valence electrons. The van der Waals surface area contributed by atoms with Crippen LogP contribution in [0.4, 0.5) is 5.69 Å². The van der Waals surface area contributed by atoms with Crippen LogP contribution in [0.15, 0.2) is 60.9 Å². The fourth-order valence-corrected chi connectivity index (χ4v) is 2.62. The van der Waals surface area contributed by atoms with Crippen LogP contribution in [0.3, 0.4) is 0 Å². The number of carbonyl (C=O) groups is 2. The largest absolute Gasteiger partial charge is 0.451 e. The molecular weight excluding hydrogens is 318 g/mol. The molecule has 2 aromatic heterocycles. The van der Waals surface area contributed by atoms with Crippen LogP contribution in [-0.4, -0.2) is 33.9 Å². The molecule has 0 aliphatic carbocycles.